The Balaban J connectivity index is 2.22. The number of nitrogens with one attached hydrogen (secondary N) is 1. The molecule has 1 aliphatic heterocycles. The zero-order valence-corrected chi connectivity index (χ0v) is 8.97. The molecule has 0 saturated heterocycles. The Hall–Kier alpha value is -0.820. The first-order valence-electron chi connectivity index (χ1n) is 5.65. The van der Waals surface area contributed by atoms with E-state index >= 15 is 0 Å². The first kappa shape index (κ1) is 9.72. The van der Waals surface area contributed by atoms with Crippen LogP contribution in [0.1, 0.15) is 36.0 Å². The monoisotopic (exact) mass is 189 g/mol. The van der Waals surface area contributed by atoms with Crippen LogP contribution in [0, 0.1) is 6.92 Å². The van der Waals surface area contributed by atoms with E-state index < -0.39 is 0 Å². The third-order valence-corrected chi connectivity index (χ3v) is 2.98. The summed E-state index contributed by atoms with van der Waals surface area (Å²) in [6.45, 7) is 4.41. The molecule has 1 aliphatic rings. The van der Waals surface area contributed by atoms with Crippen LogP contribution >= 0.6 is 0 Å². The van der Waals surface area contributed by atoms with Crippen molar-refractivity contribution in [1.29, 1.82) is 0 Å². The molecule has 1 aromatic rings. The van der Waals surface area contributed by atoms with E-state index in [0.717, 1.165) is 6.54 Å². The molecule has 1 heteroatoms. The summed E-state index contributed by atoms with van der Waals surface area (Å²) in [6, 6.07) is 6.85. The summed E-state index contributed by atoms with van der Waals surface area (Å²) in [5.74, 6) is 0. The Morgan fingerprint density at radius 1 is 1.07 bits per heavy atom. The maximum atomic E-state index is 3.50. The summed E-state index contributed by atoms with van der Waals surface area (Å²) < 4.78 is 0. The zero-order chi connectivity index (χ0) is 9.80. The molecule has 1 heterocycles. The van der Waals surface area contributed by atoms with Crippen LogP contribution in [0.15, 0.2) is 18.2 Å². The highest BCUT2D eigenvalue weighted by Crippen LogP contribution is 2.16. The Morgan fingerprint density at radius 2 is 2.00 bits per heavy atom. The normalized spacial score (nSPS) is 17.8. The lowest BCUT2D eigenvalue weighted by atomic mass is 10.00. The fourth-order valence-corrected chi connectivity index (χ4v) is 2.13. The summed E-state index contributed by atoms with van der Waals surface area (Å²) in [4.78, 5) is 0. The van der Waals surface area contributed by atoms with Crippen molar-refractivity contribution in [2.75, 3.05) is 6.54 Å². The number of hydrogen-bond donors (Lipinski definition) is 1. The van der Waals surface area contributed by atoms with Crippen LogP contribution in [0.4, 0.5) is 0 Å². The predicted octanol–water partition coefficient (Wildman–Crippen LogP) is 2.81. The zero-order valence-electron chi connectivity index (χ0n) is 8.97. The molecule has 0 atom stereocenters. The van der Waals surface area contributed by atoms with Crippen molar-refractivity contribution in [3.05, 3.63) is 34.9 Å². The average molecular weight is 189 g/mol. The average Bonchev–Trinajstić information content (AvgIpc) is 2.29. The minimum atomic E-state index is 1.05. The van der Waals surface area contributed by atoms with Crippen molar-refractivity contribution >= 4 is 0 Å². The number of benzene rings is 1. The van der Waals surface area contributed by atoms with Gasteiger partial charge in [0.1, 0.15) is 0 Å². The largest absolute Gasteiger partial charge is 0.313 e. The Bertz CT molecular complexity index is 304. The Morgan fingerprint density at radius 3 is 2.93 bits per heavy atom. The maximum Gasteiger partial charge on any atom is 0.0208 e. The number of hydrogen-bond acceptors (Lipinski definition) is 1. The third-order valence-electron chi connectivity index (χ3n) is 2.98. The van der Waals surface area contributed by atoms with Gasteiger partial charge in [0.05, 0.1) is 0 Å². The Labute approximate surface area is 86.5 Å². The predicted molar refractivity (Wildman–Crippen MR) is 60.4 cm³/mol. The molecule has 14 heavy (non-hydrogen) atoms. The second-order valence-corrected chi connectivity index (χ2v) is 4.26. The highest BCUT2D eigenvalue weighted by Gasteiger charge is 2.04. The van der Waals surface area contributed by atoms with Gasteiger partial charge in [0.25, 0.3) is 0 Å². The van der Waals surface area contributed by atoms with Gasteiger partial charge in [-0.1, -0.05) is 30.2 Å². The van der Waals surface area contributed by atoms with Crippen molar-refractivity contribution in [2.45, 2.75) is 39.2 Å². The minimum absolute atomic E-state index is 1.05. The summed E-state index contributed by atoms with van der Waals surface area (Å²) in [5, 5.41) is 3.50. The van der Waals surface area contributed by atoms with E-state index in [1.54, 1.807) is 5.56 Å². The van der Waals surface area contributed by atoms with E-state index in [1.807, 2.05) is 0 Å². The summed E-state index contributed by atoms with van der Waals surface area (Å²) in [5.41, 5.74) is 4.44. The van der Waals surface area contributed by atoms with Crippen LogP contribution < -0.4 is 5.32 Å². The first-order chi connectivity index (χ1) is 6.86. The number of fused-ring (bicyclic) bond motifs is 1. The minimum Gasteiger partial charge on any atom is -0.313 e. The molecule has 0 aromatic heterocycles. The van der Waals surface area contributed by atoms with E-state index in [9.17, 15) is 0 Å². The van der Waals surface area contributed by atoms with Gasteiger partial charge in [-0.2, -0.15) is 0 Å². The molecule has 0 saturated carbocycles. The SMILES string of the molecule is Cc1ccc2c(c1)CCCCCNC2. The molecule has 0 fully saturated rings. The van der Waals surface area contributed by atoms with Crippen LogP contribution in [0.5, 0.6) is 0 Å². The van der Waals surface area contributed by atoms with Gasteiger partial charge in [0, 0.05) is 6.54 Å². The molecule has 0 aliphatic carbocycles. The van der Waals surface area contributed by atoms with Gasteiger partial charge in [0.15, 0.2) is 0 Å². The van der Waals surface area contributed by atoms with Gasteiger partial charge in [-0.3, -0.25) is 0 Å². The second-order valence-electron chi connectivity index (χ2n) is 4.26. The van der Waals surface area contributed by atoms with Gasteiger partial charge in [0.2, 0.25) is 0 Å². The third kappa shape index (κ3) is 2.36. The molecule has 1 N–H and O–H groups in total. The van der Waals surface area contributed by atoms with E-state index in [0.29, 0.717) is 0 Å². The highest BCUT2D eigenvalue weighted by molar-refractivity contribution is 5.31. The van der Waals surface area contributed by atoms with E-state index in [-0.39, 0.29) is 0 Å². The van der Waals surface area contributed by atoms with Crippen LogP contribution in [-0.2, 0) is 13.0 Å². The maximum absolute atomic E-state index is 3.50. The number of aryl methyl sites for hydroxylation is 2. The molecule has 76 valence electrons. The summed E-state index contributed by atoms with van der Waals surface area (Å²) >= 11 is 0. The molecule has 0 spiro atoms. The van der Waals surface area contributed by atoms with Gasteiger partial charge in [-0.15, -0.1) is 0 Å². The van der Waals surface area contributed by atoms with Crippen molar-refractivity contribution in [3.63, 3.8) is 0 Å². The summed E-state index contributed by atoms with van der Waals surface area (Å²) in [7, 11) is 0. The fraction of sp³-hybridized carbons (Fsp3) is 0.538. The van der Waals surface area contributed by atoms with Crippen molar-refractivity contribution < 1.29 is 0 Å². The highest BCUT2D eigenvalue weighted by atomic mass is 14.8. The Kier molecular flexibility index (Phi) is 3.20. The topological polar surface area (TPSA) is 12.0 Å². The molecule has 0 unspecified atom stereocenters. The lowest BCUT2D eigenvalue weighted by Gasteiger charge is -2.09. The van der Waals surface area contributed by atoms with Gasteiger partial charge < -0.3 is 5.32 Å². The molecule has 1 nitrogen and oxygen atoms in total. The van der Waals surface area contributed by atoms with E-state index in [2.05, 4.69) is 30.4 Å². The smallest absolute Gasteiger partial charge is 0.0208 e. The molecular formula is C13H19N. The summed E-state index contributed by atoms with van der Waals surface area (Å²) in [6.07, 6.45) is 5.30. The van der Waals surface area contributed by atoms with Crippen molar-refractivity contribution in [1.82, 2.24) is 5.32 Å². The molecule has 1 aromatic carbocycles. The lowest BCUT2D eigenvalue weighted by Crippen LogP contribution is -2.14. The molecule has 0 amide bonds. The number of rotatable bonds is 0. The van der Waals surface area contributed by atoms with Crippen LogP contribution in [0.2, 0.25) is 0 Å². The van der Waals surface area contributed by atoms with E-state index in [1.165, 1.54) is 43.4 Å². The first-order valence-corrected chi connectivity index (χ1v) is 5.65. The van der Waals surface area contributed by atoms with Gasteiger partial charge >= 0.3 is 0 Å². The van der Waals surface area contributed by atoms with E-state index in [4.69, 9.17) is 0 Å². The van der Waals surface area contributed by atoms with Gasteiger partial charge in [-0.25, -0.2) is 0 Å². The van der Waals surface area contributed by atoms with Crippen LogP contribution in [0.25, 0.3) is 0 Å². The standard InChI is InChI=1S/C13H19N/c1-11-6-7-13-10-14-8-4-2-3-5-12(13)9-11/h6-7,9,14H,2-5,8,10H2,1H3. The molecule has 2 rings (SSSR count). The van der Waals surface area contributed by atoms with Crippen molar-refractivity contribution in [2.24, 2.45) is 0 Å². The van der Waals surface area contributed by atoms with Crippen LogP contribution in [-0.4, -0.2) is 6.54 Å². The van der Waals surface area contributed by atoms with Crippen molar-refractivity contribution in [3.8, 4) is 0 Å². The molecule has 0 radical (unpaired) electrons. The molecule has 0 bridgehead atoms. The lowest BCUT2D eigenvalue weighted by molar-refractivity contribution is 0.620. The fourth-order valence-electron chi connectivity index (χ4n) is 2.13. The van der Waals surface area contributed by atoms with Gasteiger partial charge in [-0.05, 0) is 43.9 Å². The second kappa shape index (κ2) is 4.61. The van der Waals surface area contributed by atoms with Crippen LogP contribution in [0.3, 0.4) is 0 Å². The quantitative estimate of drug-likeness (QED) is 0.661. The molecular weight excluding hydrogens is 170 g/mol.